The molecule has 5 heteroatoms. The second-order valence-electron chi connectivity index (χ2n) is 3.41. The molecule has 17 heavy (non-hydrogen) atoms. The van der Waals surface area contributed by atoms with Gasteiger partial charge in [-0.05, 0) is 25.2 Å². The molecular formula is C12H12FN3O. The zero-order valence-corrected chi connectivity index (χ0v) is 9.35. The van der Waals surface area contributed by atoms with E-state index in [1.165, 1.54) is 12.4 Å². The number of rotatable bonds is 4. The third-order valence-electron chi connectivity index (χ3n) is 2.15. The van der Waals surface area contributed by atoms with Crippen molar-refractivity contribution in [1.29, 1.82) is 0 Å². The van der Waals surface area contributed by atoms with Crippen LogP contribution in [0.2, 0.25) is 0 Å². The van der Waals surface area contributed by atoms with Crippen LogP contribution in [0, 0.1) is 5.82 Å². The Morgan fingerprint density at radius 3 is 2.94 bits per heavy atom. The highest BCUT2D eigenvalue weighted by Crippen LogP contribution is 2.22. The lowest BCUT2D eigenvalue weighted by molar-refractivity contribution is 0.416. The van der Waals surface area contributed by atoms with Gasteiger partial charge in [0.05, 0.1) is 6.20 Å². The van der Waals surface area contributed by atoms with Gasteiger partial charge in [0.2, 0.25) is 0 Å². The molecule has 0 spiro atoms. The number of ether oxygens (including phenoxy) is 1. The molecule has 0 aliphatic rings. The molecule has 0 fully saturated rings. The second-order valence-corrected chi connectivity index (χ2v) is 3.41. The van der Waals surface area contributed by atoms with E-state index in [0.29, 0.717) is 17.9 Å². The first-order valence-corrected chi connectivity index (χ1v) is 5.17. The minimum atomic E-state index is -0.453. The summed E-state index contributed by atoms with van der Waals surface area (Å²) in [5.41, 5.74) is 0.515. The van der Waals surface area contributed by atoms with Gasteiger partial charge in [0.1, 0.15) is 5.75 Å². The van der Waals surface area contributed by atoms with Crippen LogP contribution in [0.5, 0.6) is 11.6 Å². The van der Waals surface area contributed by atoms with E-state index in [1.54, 1.807) is 31.4 Å². The molecule has 2 heterocycles. The van der Waals surface area contributed by atoms with E-state index in [9.17, 15) is 4.39 Å². The van der Waals surface area contributed by atoms with E-state index >= 15 is 0 Å². The molecule has 0 bridgehead atoms. The highest BCUT2D eigenvalue weighted by Gasteiger charge is 2.10. The Balaban J connectivity index is 2.24. The number of hydrogen-bond acceptors (Lipinski definition) is 4. The van der Waals surface area contributed by atoms with Crippen molar-refractivity contribution in [3.8, 4) is 11.6 Å². The van der Waals surface area contributed by atoms with Crippen molar-refractivity contribution in [2.75, 3.05) is 7.05 Å². The Kier molecular flexibility index (Phi) is 3.62. The average Bonchev–Trinajstić information content (AvgIpc) is 2.36. The molecule has 2 aromatic heterocycles. The molecule has 0 radical (unpaired) electrons. The van der Waals surface area contributed by atoms with Crippen LogP contribution in [-0.2, 0) is 6.54 Å². The van der Waals surface area contributed by atoms with Crippen molar-refractivity contribution in [1.82, 2.24) is 15.3 Å². The van der Waals surface area contributed by atoms with Crippen LogP contribution < -0.4 is 10.1 Å². The molecule has 4 nitrogen and oxygen atoms in total. The number of nitrogens with zero attached hydrogens (tertiary/aromatic N) is 2. The van der Waals surface area contributed by atoms with Gasteiger partial charge in [0, 0.05) is 24.5 Å². The average molecular weight is 233 g/mol. The standard InChI is InChI=1S/C12H12FN3O/c1-14-7-9-4-6-16-12(11(9)13)17-10-3-2-5-15-8-10/h2-6,8,14H,7H2,1H3. The van der Waals surface area contributed by atoms with Gasteiger partial charge >= 0.3 is 0 Å². The Morgan fingerprint density at radius 1 is 1.35 bits per heavy atom. The fourth-order valence-corrected chi connectivity index (χ4v) is 1.38. The maximum atomic E-state index is 13.9. The largest absolute Gasteiger partial charge is 0.435 e. The van der Waals surface area contributed by atoms with Gasteiger partial charge in [0.15, 0.2) is 5.82 Å². The first-order chi connectivity index (χ1) is 8.31. The molecule has 1 N–H and O–H groups in total. The maximum absolute atomic E-state index is 13.9. The molecule has 0 aromatic carbocycles. The van der Waals surface area contributed by atoms with Crippen molar-refractivity contribution in [3.05, 3.63) is 48.2 Å². The minimum Gasteiger partial charge on any atom is -0.435 e. The summed E-state index contributed by atoms with van der Waals surface area (Å²) in [5.74, 6) is -0.0306. The van der Waals surface area contributed by atoms with Crippen LogP contribution in [0.25, 0.3) is 0 Å². The van der Waals surface area contributed by atoms with Gasteiger partial charge in [-0.1, -0.05) is 0 Å². The monoisotopic (exact) mass is 233 g/mol. The predicted octanol–water partition coefficient (Wildman–Crippen LogP) is 2.13. The molecule has 2 aromatic rings. The lowest BCUT2D eigenvalue weighted by atomic mass is 10.2. The third-order valence-corrected chi connectivity index (χ3v) is 2.15. The van der Waals surface area contributed by atoms with Crippen LogP contribution in [0.3, 0.4) is 0 Å². The van der Waals surface area contributed by atoms with E-state index in [0.717, 1.165) is 0 Å². The first kappa shape index (κ1) is 11.5. The first-order valence-electron chi connectivity index (χ1n) is 5.17. The van der Waals surface area contributed by atoms with Crippen LogP contribution in [0.4, 0.5) is 4.39 Å². The number of halogens is 1. The normalized spacial score (nSPS) is 10.2. The molecule has 0 saturated carbocycles. The molecule has 0 aliphatic carbocycles. The number of aromatic nitrogens is 2. The summed E-state index contributed by atoms with van der Waals surface area (Å²) in [5, 5.41) is 2.88. The van der Waals surface area contributed by atoms with Crippen molar-refractivity contribution in [2.24, 2.45) is 0 Å². The molecule has 0 amide bonds. The summed E-state index contributed by atoms with van der Waals surface area (Å²) in [6.07, 6.45) is 4.64. The summed E-state index contributed by atoms with van der Waals surface area (Å²) < 4.78 is 19.2. The van der Waals surface area contributed by atoms with Gasteiger partial charge in [-0.25, -0.2) is 9.37 Å². The fourth-order valence-electron chi connectivity index (χ4n) is 1.38. The molecular weight excluding hydrogens is 221 g/mol. The highest BCUT2D eigenvalue weighted by atomic mass is 19.1. The van der Waals surface area contributed by atoms with Crippen molar-refractivity contribution >= 4 is 0 Å². The fraction of sp³-hybridized carbons (Fsp3) is 0.167. The molecule has 88 valence electrons. The molecule has 0 aliphatic heterocycles. The van der Waals surface area contributed by atoms with E-state index in [4.69, 9.17) is 4.74 Å². The number of pyridine rings is 2. The van der Waals surface area contributed by atoms with Gasteiger partial charge in [-0.3, -0.25) is 4.98 Å². The quantitative estimate of drug-likeness (QED) is 0.878. The molecule has 0 unspecified atom stereocenters. The lowest BCUT2D eigenvalue weighted by Gasteiger charge is -2.07. The summed E-state index contributed by atoms with van der Waals surface area (Å²) in [4.78, 5) is 7.75. The van der Waals surface area contributed by atoms with Crippen LogP contribution in [0.15, 0.2) is 36.8 Å². The van der Waals surface area contributed by atoms with E-state index in [-0.39, 0.29) is 5.88 Å². The molecule has 2 rings (SSSR count). The summed E-state index contributed by atoms with van der Waals surface area (Å²) in [6.45, 7) is 0.428. The smallest absolute Gasteiger partial charge is 0.256 e. The summed E-state index contributed by atoms with van der Waals surface area (Å²) >= 11 is 0. The van der Waals surface area contributed by atoms with E-state index in [1.807, 2.05) is 0 Å². The summed E-state index contributed by atoms with van der Waals surface area (Å²) in [7, 11) is 1.75. The van der Waals surface area contributed by atoms with Crippen LogP contribution in [0.1, 0.15) is 5.56 Å². The molecule has 0 saturated heterocycles. The van der Waals surface area contributed by atoms with E-state index < -0.39 is 5.82 Å². The van der Waals surface area contributed by atoms with Gasteiger partial charge in [-0.15, -0.1) is 0 Å². The number of nitrogens with one attached hydrogen (secondary N) is 1. The van der Waals surface area contributed by atoms with Gasteiger partial charge < -0.3 is 10.1 Å². The zero-order valence-electron chi connectivity index (χ0n) is 9.35. The van der Waals surface area contributed by atoms with Crippen LogP contribution in [-0.4, -0.2) is 17.0 Å². The SMILES string of the molecule is CNCc1ccnc(Oc2cccnc2)c1F. The Hall–Kier alpha value is -2.01. The third kappa shape index (κ3) is 2.76. The Labute approximate surface area is 98.5 Å². The van der Waals surface area contributed by atoms with Crippen molar-refractivity contribution in [3.63, 3.8) is 0 Å². The molecule has 0 atom stereocenters. The minimum absolute atomic E-state index is 0.0363. The number of hydrogen-bond donors (Lipinski definition) is 1. The predicted molar refractivity (Wildman–Crippen MR) is 61.3 cm³/mol. The Morgan fingerprint density at radius 2 is 2.24 bits per heavy atom. The summed E-state index contributed by atoms with van der Waals surface area (Å²) in [6, 6.07) is 5.02. The highest BCUT2D eigenvalue weighted by molar-refractivity contribution is 5.28. The van der Waals surface area contributed by atoms with Gasteiger partial charge in [-0.2, -0.15) is 0 Å². The van der Waals surface area contributed by atoms with Crippen molar-refractivity contribution < 1.29 is 9.13 Å². The lowest BCUT2D eigenvalue weighted by Crippen LogP contribution is -2.08. The maximum Gasteiger partial charge on any atom is 0.256 e. The zero-order chi connectivity index (χ0) is 12.1. The topological polar surface area (TPSA) is 47.0 Å². The second kappa shape index (κ2) is 5.36. The van der Waals surface area contributed by atoms with Crippen LogP contribution >= 0.6 is 0 Å². The Bertz CT molecular complexity index is 490. The van der Waals surface area contributed by atoms with Gasteiger partial charge in [0.25, 0.3) is 5.88 Å². The van der Waals surface area contributed by atoms with Crippen molar-refractivity contribution in [2.45, 2.75) is 6.54 Å². The van der Waals surface area contributed by atoms with E-state index in [2.05, 4.69) is 15.3 Å².